The van der Waals surface area contributed by atoms with Crippen molar-refractivity contribution in [3.05, 3.63) is 78.9 Å². The van der Waals surface area contributed by atoms with E-state index in [0.29, 0.717) is 31.5 Å². The van der Waals surface area contributed by atoms with Gasteiger partial charge >= 0.3 is 0 Å². The number of nitrogens with one attached hydrogen (secondary N) is 2. The number of anilines is 1. The van der Waals surface area contributed by atoms with Gasteiger partial charge in [-0.05, 0) is 64.5 Å². The lowest BCUT2D eigenvalue weighted by molar-refractivity contribution is -0.119. The molecule has 0 aliphatic rings. The third-order valence-corrected chi connectivity index (χ3v) is 6.62. The van der Waals surface area contributed by atoms with Crippen molar-refractivity contribution in [2.75, 3.05) is 23.4 Å². The molecular formula is C28H31N3O4S. The van der Waals surface area contributed by atoms with Crippen LogP contribution in [0.2, 0.25) is 0 Å². The molecule has 0 aromatic heterocycles. The van der Waals surface area contributed by atoms with Crippen LogP contribution in [-0.4, -0.2) is 40.3 Å². The molecule has 36 heavy (non-hydrogen) atoms. The van der Waals surface area contributed by atoms with E-state index in [1.54, 1.807) is 6.07 Å². The molecule has 3 aromatic rings. The maximum absolute atomic E-state index is 12.4. The molecule has 0 bridgehead atoms. The lowest BCUT2D eigenvalue weighted by Gasteiger charge is -2.12. The minimum atomic E-state index is -1.62. The summed E-state index contributed by atoms with van der Waals surface area (Å²) in [7, 11) is 0. The summed E-state index contributed by atoms with van der Waals surface area (Å²) in [5.74, 6) is -1.61. The molecule has 0 fully saturated rings. The Hall–Kier alpha value is -3.62. The quantitative estimate of drug-likeness (QED) is 0.241. The van der Waals surface area contributed by atoms with Gasteiger partial charge in [-0.2, -0.15) is 0 Å². The van der Waals surface area contributed by atoms with Gasteiger partial charge in [0.05, 0.1) is 0 Å². The van der Waals surface area contributed by atoms with Crippen molar-refractivity contribution in [3.63, 3.8) is 0 Å². The summed E-state index contributed by atoms with van der Waals surface area (Å²) in [6.45, 7) is 0.430. The maximum Gasteiger partial charge on any atom is 0.274 e. The molecule has 3 amide bonds. The van der Waals surface area contributed by atoms with Crippen LogP contribution in [0.25, 0.3) is 22.3 Å². The molecule has 188 valence electrons. The van der Waals surface area contributed by atoms with Gasteiger partial charge < -0.3 is 20.9 Å². The fourth-order valence-corrected chi connectivity index (χ4v) is 4.57. The van der Waals surface area contributed by atoms with Crippen LogP contribution in [0.3, 0.4) is 0 Å². The molecule has 0 saturated carbocycles. The molecule has 0 saturated heterocycles. The molecule has 0 spiro atoms. The van der Waals surface area contributed by atoms with Crippen LogP contribution in [-0.2, 0) is 25.6 Å². The topological polar surface area (TPSA) is 124 Å². The van der Waals surface area contributed by atoms with E-state index in [-0.39, 0.29) is 23.3 Å². The highest BCUT2D eigenvalue weighted by atomic mass is 32.2. The number of hydrogen-bond acceptors (Lipinski definition) is 4. The number of benzene rings is 3. The summed E-state index contributed by atoms with van der Waals surface area (Å²) in [5.41, 5.74) is 9.86. The Balaban J connectivity index is 1.47. The summed E-state index contributed by atoms with van der Waals surface area (Å²) in [6.07, 6.45) is 2.48. The Bertz CT molecular complexity index is 1170. The molecule has 0 aliphatic heterocycles. The Morgan fingerprint density at radius 3 is 2.06 bits per heavy atom. The molecule has 4 N–H and O–H groups in total. The van der Waals surface area contributed by atoms with Crippen molar-refractivity contribution >= 4 is 34.6 Å². The van der Waals surface area contributed by atoms with Gasteiger partial charge in [0.15, 0.2) is 11.5 Å². The van der Waals surface area contributed by atoms with Crippen LogP contribution in [0.4, 0.5) is 5.69 Å². The van der Waals surface area contributed by atoms with Crippen molar-refractivity contribution in [2.24, 2.45) is 5.73 Å². The van der Waals surface area contributed by atoms with Crippen LogP contribution in [0.15, 0.2) is 78.9 Å². The second-order valence-corrected chi connectivity index (χ2v) is 9.89. The van der Waals surface area contributed by atoms with Gasteiger partial charge in [-0.15, -0.1) is 0 Å². The standard InChI is InChI=1S/C28H31N3O4S/c29-26(32)15-5-2-6-16-30-27(33)19-36(35)20-28(34)31-25-14-8-13-24(18-25)23-12-7-11-22(17-23)21-9-3-1-4-10-21/h1,3-4,7-14,17-18H,2,5-6,15-16,19-20H2,(H2,29,32)(H,30,33)(H,31,34). The molecule has 0 heterocycles. The second-order valence-electron chi connectivity index (χ2n) is 8.43. The summed E-state index contributed by atoms with van der Waals surface area (Å²) >= 11 is -1.62. The van der Waals surface area contributed by atoms with Crippen molar-refractivity contribution in [1.29, 1.82) is 0 Å². The molecule has 8 heteroatoms. The minimum absolute atomic E-state index is 0.235. The Morgan fingerprint density at radius 2 is 1.33 bits per heavy atom. The number of primary amides is 1. The summed E-state index contributed by atoms with van der Waals surface area (Å²) in [5, 5.41) is 5.46. The van der Waals surface area contributed by atoms with E-state index in [2.05, 4.69) is 34.9 Å². The van der Waals surface area contributed by atoms with Crippen molar-refractivity contribution < 1.29 is 18.9 Å². The number of amides is 3. The number of rotatable bonds is 13. The monoisotopic (exact) mass is 505 g/mol. The molecule has 0 aliphatic carbocycles. The predicted molar refractivity (Wildman–Crippen MR) is 144 cm³/mol. The first kappa shape index (κ1) is 27.0. The molecule has 0 radical (unpaired) electrons. The van der Waals surface area contributed by atoms with Gasteiger partial charge in [0.2, 0.25) is 5.91 Å². The first-order chi connectivity index (χ1) is 17.4. The summed E-state index contributed by atoms with van der Waals surface area (Å²) < 4.78 is 12.3. The smallest absolute Gasteiger partial charge is 0.274 e. The predicted octanol–water partition coefficient (Wildman–Crippen LogP) is 3.87. The molecule has 1 unspecified atom stereocenters. The van der Waals surface area contributed by atoms with E-state index >= 15 is 0 Å². The fraction of sp³-hybridized carbons (Fsp3) is 0.250. The third-order valence-electron chi connectivity index (χ3n) is 5.46. The molecule has 3 rings (SSSR count). The van der Waals surface area contributed by atoms with E-state index in [4.69, 9.17) is 5.73 Å². The largest absolute Gasteiger partial charge is 0.616 e. The Morgan fingerprint density at radius 1 is 0.722 bits per heavy atom. The highest BCUT2D eigenvalue weighted by Gasteiger charge is 2.18. The van der Waals surface area contributed by atoms with Crippen LogP contribution >= 0.6 is 0 Å². The van der Waals surface area contributed by atoms with Gasteiger partial charge in [0.25, 0.3) is 11.8 Å². The van der Waals surface area contributed by atoms with Gasteiger partial charge in [-0.3, -0.25) is 14.4 Å². The van der Waals surface area contributed by atoms with E-state index in [1.165, 1.54) is 0 Å². The second kappa shape index (κ2) is 14.1. The normalized spacial score (nSPS) is 11.5. The SMILES string of the molecule is NC(=O)CCCCCNC(=O)C[S+]([O-])CC(=O)Nc1cccc(-c2cccc(-c3ccccc3)c2)c1. The van der Waals surface area contributed by atoms with Crippen LogP contribution in [0.5, 0.6) is 0 Å². The first-order valence-corrected chi connectivity index (χ1v) is 13.4. The lowest BCUT2D eigenvalue weighted by atomic mass is 9.99. The fourth-order valence-electron chi connectivity index (χ4n) is 3.71. The maximum atomic E-state index is 12.4. The molecule has 7 nitrogen and oxygen atoms in total. The van der Waals surface area contributed by atoms with E-state index < -0.39 is 17.1 Å². The lowest BCUT2D eigenvalue weighted by Crippen LogP contribution is -2.34. The average Bonchev–Trinajstić information content (AvgIpc) is 2.86. The van der Waals surface area contributed by atoms with Crippen LogP contribution in [0.1, 0.15) is 25.7 Å². The zero-order valence-electron chi connectivity index (χ0n) is 20.1. The summed E-state index contributed by atoms with van der Waals surface area (Å²) in [6, 6.07) is 25.7. The van der Waals surface area contributed by atoms with Gasteiger partial charge in [0, 0.05) is 18.7 Å². The number of carbonyl (C=O) groups is 3. The van der Waals surface area contributed by atoms with Crippen molar-refractivity contribution in [3.8, 4) is 22.3 Å². The molecule has 1 atom stereocenters. The Kier molecular flexibility index (Phi) is 10.5. The van der Waals surface area contributed by atoms with Crippen LogP contribution < -0.4 is 16.4 Å². The van der Waals surface area contributed by atoms with E-state index in [0.717, 1.165) is 28.7 Å². The minimum Gasteiger partial charge on any atom is -0.616 e. The highest BCUT2D eigenvalue weighted by Crippen LogP contribution is 2.27. The van der Waals surface area contributed by atoms with Gasteiger partial charge in [-0.1, -0.05) is 67.1 Å². The van der Waals surface area contributed by atoms with Crippen LogP contribution in [0, 0.1) is 0 Å². The van der Waals surface area contributed by atoms with Gasteiger partial charge in [0.1, 0.15) is 0 Å². The number of carbonyl (C=O) groups excluding carboxylic acids is 3. The number of nitrogens with two attached hydrogens (primary N) is 1. The van der Waals surface area contributed by atoms with Gasteiger partial charge in [-0.25, -0.2) is 0 Å². The average molecular weight is 506 g/mol. The molecular weight excluding hydrogens is 474 g/mol. The number of hydrogen-bond donors (Lipinski definition) is 3. The number of unbranched alkanes of at least 4 members (excludes halogenated alkanes) is 2. The Labute approximate surface area is 214 Å². The first-order valence-electron chi connectivity index (χ1n) is 11.9. The zero-order chi connectivity index (χ0) is 25.8. The zero-order valence-corrected chi connectivity index (χ0v) is 20.9. The summed E-state index contributed by atoms with van der Waals surface area (Å²) in [4.78, 5) is 35.1. The molecule has 3 aromatic carbocycles. The van der Waals surface area contributed by atoms with Crippen molar-refractivity contribution in [2.45, 2.75) is 25.7 Å². The highest BCUT2D eigenvalue weighted by molar-refractivity contribution is 7.92. The van der Waals surface area contributed by atoms with Crippen molar-refractivity contribution in [1.82, 2.24) is 5.32 Å². The van der Waals surface area contributed by atoms with E-state index in [1.807, 2.05) is 48.5 Å². The third kappa shape index (κ3) is 9.20. The van der Waals surface area contributed by atoms with E-state index in [9.17, 15) is 18.9 Å².